The molecule has 1 atom stereocenters. The highest BCUT2D eigenvalue weighted by atomic mass is 16.1. The minimum Gasteiger partial charge on any atom is -0.355 e. The minimum absolute atomic E-state index is 0.0594. The van der Waals surface area contributed by atoms with Crippen molar-refractivity contribution in [3.05, 3.63) is 35.9 Å². The molecule has 1 aromatic rings. The molecule has 96 valence electrons. The molecule has 1 rings (SSSR count). The van der Waals surface area contributed by atoms with Crippen LogP contribution >= 0.6 is 0 Å². The minimum atomic E-state index is -0.184. The molecule has 0 radical (unpaired) electrons. The lowest BCUT2D eigenvalue weighted by Gasteiger charge is -2.21. The van der Waals surface area contributed by atoms with Gasteiger partial charge in [0.25, 0.3) is 0 Å². The summed E-state index contributed by atoms with van der Waals surface area (Å²) < 4.78 is 0. The van der Waals surface area contributed by atoms with Crippen molar-refractivity contribution in [2.75, 3.05) is 6.54 Å². The van der Waals surface area contributed by atoms with Gasteiger partial charge in [-0.3, -0.25) is 4.79 Å². The number of nitriles is 1. The van der Waals surface area contributed by atoms with E-state index in [1.165, 1.54) is 5.56 Å². The summed E-state index contributed by atoms with van der Waals surface area (Å²) in [7, 11) is 0. The van der Waals surface area contributed by atoms with E-state index in [0.717, 1.165) is 6.42 Å². The van der Waals surface area contributed by atoms with Crippen LogP contribution in [0.15, 0.2) is 30.3 Å². The zero-order chi connectivity index (χ0) is 13.4. The maximum Gasteiger partial charge on any atom is 0.234 e. The summed E-state index contributed by atoms with van der Waals surface area (Å²) in [5.74, 6) is 0.707. The summed E-state index contributed by atoms with van der Waals surface area (Å²) in [6.07, 6.45) is 0.890. The molecular formula is C15H20N2O. The lowest BCUT2D eigenvalue weighted by atomic mass is 9.89. The second-order valence-corrected chi connectivity index (χ2v) is 4.83. The number of hydrogen-bond acceptors (Lipinski definition) is 2. The molecule has 3 heteroatoms. The molecule has 1 aromatic carbocycles. The fourth-order valence-corrected chi connectivity index (χ4v) is 1.84. The first kappa shape index (κ1) is 14.2. The molecule has 0 aliphatic rings. The Hall–Kier alpha value is -1.82. The van der Waals surface area contributed by atoms with Crippen LogP contribution in [0, 0.1) is 23.2 Å². The second kappa shape index (κ2) is 7.50. The summed E-state index contributed by atoms with van der Waals surface area (Å²) in [6.45, 7) is 4.95. The third-order valence-corrected chi connectivity index (χ3v) is 3.08. The Bertz CT molecular complexity index is 406. The van der Waals surface area contributed by atoms with Crippen LogP contribution in [0.2, 0.25) is 0 Å². The lowest BCUT2D eigenvalue weighted by molar-refractivity contribution is -0.120. The van der Waals surface area contributed by atoms with Crippen molar-refractivity contribution in [1.82, 2.24) is 5.32 Å². The average molecular weight is 244 g/mol. The molecule has 18 heavy (non-hydrogen) atoms. The Morgan fingerprint density at radius 2 is 2.00 bits per heavy atom. The van der Waals surface area contributed by atoms with Crippen molar-refractivity contribution >= 4 is 5.91 Å². The number of amides is 1. The second-order valence-electron chi connectivity index (χ2n) is 4.83. The largest absolute Gasteiger partial charge is 0.355 e. The predicted octanol–water partition coefficient (Wildman–Crippen LogP) is 2.53. The van der Waals surface area contributed by atoms with Gasteiger partial charge in [-0.25, -0.2) is 0 Å². The third-order valence-electron chi connectivity index (χ3n) is 3.08. The number of hydrogen-bond donors (Lipinski definition) is 1. The number of nitrogens with one attached hydrogen (secondary N) is 1. The van der Waals surface area contributed by atoms with Gasteiger partial charge in [-0.1, -0.05) is 44.2 Å². The zero-order valence-corrected chi connectivity index (χ0v) is 11.0. The van der Waals surface area contributed by atoms with Gasteiger partial charge in [0, 0.05) is 6.54 Å². The summed E-state index contributed by atoms with van der Waals surface area (Å²) in [5.41, 5.74) is 1.28. The molecule has 1 N–H and O–H groups in total. The van der Waals surface area contributed by atoms with Gasteiger partial charge in [-0.05, 0) is 23.8 Å². The predicted molar refractivity (Wildman–Crippen MR) is 71.7 cm³/mol. The van der Waals surface area contributed by atoms with Crippen molar-refractivity contribution in [3.8, 4) is 6.07 Å². The van der Waals surface area contributed by atoms with E-state index < -0.39 is 0 Å². The standard InChI is InChI=1S/C15H20N2O/c1-12(2)14(11-17-15(18)8-9-16)10-13-6-4-3-5-7-13/h3-7,12,14H,8,10-11H2,1-2H3,(H,17,18). The van der Waals surface area contributed by atoms with E-state index in [0.29, 0.717) is 18.4 Å². The van der Waals surface area contributed by atoms with Gasteiger partial charge in [-0.2, -0.15) is 5.26 Å². The van der Waals surface area contributed by atoms with Gasteiger partial charge in [0.1, 0.15) is 6.42 Å². The van der Waals surface area contributed by atoms with Gasteiger partial charge >= 0.3 is 0 Å². The maximum atomic E-state index is 11.3. The molecule has 0 heterocycles. The van der Waals surface area contributed by atoms with Crippen LogP contribution in [0.4, 0.5) is 0 Å². The molecule has 0 fully saturated rings. The molecule has 0 aliphatic heterocycles. The van der Waals surface area contributed by atoms with Crippen LogP contribution in [-0.2, 0) is 11.2 Å². The number of carbonyl (C=O) groups excluding carboxylic acids is 1. The fraction of sp³-hybridized carbons (Fsp3) is 0.467. The molecule has 0 aromatic heterocycles. The van der Waals surface area contributed by atoms with Gasteiger partial charge < -0.3 is 5.32 Å². The molecule has 1 amide bonds. The number of rotatable bonds is 6. The van der Waals surface area contributed by atoms with E-state index >= 15 is 0 Å². The van der Waals surface area contributed by atoms with Gasteiger partial charge in [-0.15, -0.1) is 0 Å². The highest BCUT2D eigenvalue weighted by Crippen LogP contribution is 2.16. The topological polar surface area (TPSA) is 52.9 Å². The summed E-state index contributed by atoms with van der Waals surface area (Å²) in [4.78, 5) is 11.3. The fourth-order valence-electron chi connectivity index (χ4n) is 1.84. The molecule has 0 saturated heterocycles. The van der Waals surface area contributed by atoms with Crippen molar-refractivity contribution in [2.24, 2.45) is 11.8 Å². The van der Waals surface area contributed by atoms with E-state index in [9.17, 15) is 4.79 Å². The average Bonchev–Trinajstić information content (AvgIpc) is 2.35. The molecular weight excluding hydrogens is 224 g/mol. The number of nitrogens with zero attached hydrogens (tertiary/aromatic N) is 1. The van der Waals surface area contributed by atoms with Gasteiger partial charge in [0.05, 0.1) is 6.07 Å². The summed E-state index contributed by atoms with van der Waals surface area (Å²) in [5, 5.41) is 11.3. The quantitative estimate of drug-likeness (QED) is 0.836. The number of benzene rings is 1. The highest BCUT2D eigenvalue weighted by molar-refractivity contribution is 5.77. The van der Waals surface area contributed by atoms with E-state index in [1.54, 1.807) is 0 Å². The first-order chi connectivity index (χ1) is 8.63. The monoisotopic (exact) mass is 244 g/mol. The van der Waals surface area contributed by atoms with E-state index in [-0.39, 0.29) is 12.3 Å². The van der Waals surface area contributed by atoms with Crippen molar-refractivity contribution in [2.45, 2.75) is 26.7 Å². The van der Waals surface area contributed by atoms with Crippen LogP contribution in [0.5, 0.6) is 0 Å². The highest BCUT2D eigenvalue weighted by Gasteiger charge is 2.15. The van der Waals surface area contributed by atoms with E-state index in [1.807, 2.05) is 24.3 Å². The summed E-state index contributed by atoms with van der Waals surface area (Å²) >= 11 is 0. The SMILES string of the molecule is CC(C)C(CNC(=O)CC#N)Cc1ccccc1. The Morgan fingerprint density at radius 3 is 2.56 bits per heavy atom. The molecule has 0 saturated carbocycles. The third kappa shape index (κ3) is 5.01. The van der Waals surface area contributed by atoms with Crippen molar-refractivity contribution in [3.63, 3.8) is 0 Å². The van der Waals surface area contributed by atoms with E-state index in [2.05, 4.69) is 31.3 Å². The Morgan fingerprint density at radius 1 is 1.33 bits per heavy atom. The molecule has 0 bridgehead atoms. The van der Waals surface area contributed by atoms with Crippen molar-refractivity contribution < 1.29 is 4.79 Å². The summed E-state index contributed by atoms with van der Waals surface area (Å²) in [6, 6.07) is 12.1. The Kier molecular flexibility index (Phi) is 5.93. The molecule has 0 aliphatic carbocycles. The Labute approximate surface area is 109 Å². The van der Waals surface area contributed by atoms with Gasteiger partial charge in [0.15, 0.2) is 0 Å². The van der Waals surface area contributed by atoms with Crippen molar-refractivity contribution in [1.29, 1.82) is 5.26 Å². The van der Waals surface area contributed by atoms with Crippen LogP contribution in [0.3, 0.4) is 0 Å². The van der Waals surface area contributed by atoms with Crippen LogP contribution in [-0.4, -0.2) is 12.5 Å². The first-order valence-corrected chi connectivity index (χ1v) is 6.31. The smallest absolute Gasteiger partial charge is 0.234 e. The molecule has 0 spiro atoms. The van der Waals surface area contributed by atoms with Gasteiger partial charge in [0.2, 0.25) is 5.91 Å². The Balaban J connectivity index is 2.51. The molecule has 3 nitrogen and oxygen atoms in total. The maximum absolute atomic E-state index is 11.3. The van der Waals surface area contributed by atoms with E-state index in [4.69, 9.17) is 5.26 Å². The first-order valence-electron chi connectivity index (χ1n) is 6.31. The lowest BCUT2D eigenvalue weighted by Crippen LogP contribution is -2.32. The number of carbonyl (C=O) groups is 1. The van der Waals surface area contributed by atoms with Crippen LogP contribution in [0.25, 0.3) is 0 Å². The van der Waals surface area contributed by atoms with Crippen LogP contribution in [0.1, 0.15) is 25.8 Å². The van der Waals surface area contributed by atoms with Crippen LogP contribution < -0.4 is 5.32 Å². The zero-order valence-electron chi connectivity index (χ0n) is 11.0. The molecule has 1 unspecified atom stereocenters. The normalized spacial score (nSPS) is 11.9.